The van der Waals surface area contributed by atoms with Crippen LogP contribution in [0.4, 0.5) is 10.1 Å². The fraction of sp³-hybridized carbons (Fsp3) is 0.269. The first kappa shape index (κ1) is 24.5. The fourth-order valence-corrected chi connectivity index (χ4v) is 5.28. The molecule has 0 spiro atoms. The van der Waals surface area contributed by atoms with Gasteiger partial charge in [0.1, 0.15) is 25.6 Å². The van der Waals surface area contributed by atoms with Crippen LogP contribution in [0.15, 0.2) is 71.6 Å². The van der Waals surface area contributed by atoms with Crippen LogP contribution in [0.5, 0.6) is 11.5 Å². The number of nitrogens with one attached hydrogen (secondary N) is 1. The standard InChI is InChI=1S/C26H27FN2O5S/c1-3-23(19-9-7-18(2)8-10-19)28-26(30)17-29(21-6-4-5-20(27)15-21)35(31,32)22-11-12-24-25(16-22)34-14-13-33-24/h4-12,15-16,23H,3,13-14,17H2,1-2H3,(H,28,30). The highest BCUT2D eigenvalue weighted by Gasteiger charge is 2.30. The number of carbonyl (C=O) groups excluding carboxylic acids is 1. The SMILES string of the molecule is CCC(NC(=O)CN(c1cccc(F)c1)S(=O)(=O)c1ccc2c(c1)OCCO2)c1ccc(C)cc1. The zero-order valence-corrected chi connectivity index (χ0v) is 20.3. The van der Waals surface area contributed by atoms with E-state index < -0.39 is 28.3 Å². The predicted octanol–water partition coefficient (Wildman–Crippen LogP) is 4.37. The highest BCUT2D eigenvalue weighted by atomic mass is 32.2. The summed E-state index contributed by atoms with van der Waals surface area (Å²) < 4.78 is 53.2. The Bertz CT molecular complexity index is 1310. The molecule has 1 aliphatic heterocycles. The first-order valence-corrected chi connectivity index (χ1v) is 12.8. The molecule has 0 bridgehead atoms. The van der Waals surface area contributed by atoms with Crippen molar-refractivity contribution in [2.24, 2.45) is 0 Å². The minimum atomic E-state index is -4.24. The number of ether oxygens (including phenoxy) is 2. The van der Waals surface area contributed by atoms with E-state index in [1.165, 1.54) is 36.4 Å². The summed E-state index contributed by atoms with van der Waals surface area (Å²) in [5, 5.41) is 2.91. The molecule has 7 nitrogen and oxygen atoms in total. The monoisotopic (exact) mass is 498 g/mol. The van der Waals surface area contributed by atoms with E-state index in [9.17, 15) is 17.6 Å². The summed E-state index contributed by atoms with van der Waals surface area (Å²) in [6.45, 7) is 4.05. The van der Waals surface area contributed by atoms with Gasteiger partial charge in [-0.15, -0.1) is 0 Å². The van der Waals surface area contributed by atoms with E-state index in [-0.39, 0.29) is 16.6 Å². The average molecular weight is 499 g/mol. The molecule has 1 aliphatic rings. The first-order chi connectivity index (χ1) is 16.8. The second kappa shape index (κ2) is 10.4. The second-order valence-electron chi connectivity index (χ2n) is 8.24. The van der Waals surface area contributed by atoms with Gasteiger partial charge in [-0.05, 0) is 49.2 Å². The van der Waals surface area contributed by atoms with Crippen molar-refractivity contribution in [3.05, 3.63) is 83.7 Å². The second-order valence-corrected chi connectivity index (χ2v) is 10.1. The van der Waals surface area contributed by atoms with E-state index in [4.69, 9.17) is 9.47 Å². The fourth-order valence-electron chi connectivity index (χ4n) is 3.85. The number of benzene rings is 3. The van der Waals surface area contributed by atoms with Crippen molar-refractivity contribution in [1.29, 1.82) is 0 Å². The van der Waals surface area contributed by atoms with Gasteiger partial charge in [-0.1, -0.05) is 42.8 Å². The van der Waals surface area contributed by atoms with E-state index in [2.05, 4.69) is 5.32 Å². The maximum atomic E-state index is 14.0. The van der Waals surface area contributed by atoms with Crippen LogP contribution in [0, 0.1) is 12.7 Å². The highest BCUT2D eigenvalue weighted by molar-refractivity contribution is 7.92. The van der Waals surface area contributed by atoms with E-state index in [0.29, 0.717) is 31.1 Å². The van der Waals surface area contributed by atoms with Crippen molar-refractivity contribution in [1.82, 2.24) is 5.32 Å². The molecule has 1 unspecified atom stereocenters. The van der Waals surface area contributed by atoms with Gasteiger partial charge in [0.05, 0.1) is 16.6 Å². The van der Waals surface area contributed by atoms with Crippen molar-refractivity contribution >= 4 is 21.6 Å². The van der Waals surface area contributed by atoms with Crippen LogP contribution < -0.4 is 19.1 Å². The molecule has 0 aliphatic carbocycles. The normalized spacial score (nSPS) is 13.7. The number of fused-ring (bicyclic) bond motifs is 1. The number of carbonyl (C=O) groups is 1. The minimum absolute atomic E-state index is 0.0402. The van der Waals surface area contributed by atoms with Crippen molar-refractivity contribution in [3.8, 4) is 11.5 Å². The highest BCUT2D eigenvalue weighted by Crippen LogP contribution is 2.34. The van der Waals surface area contributed by atoms with Crippen LogP contribution in [0.1, 0.15) is 30.5 Å². The third-order valence-electron chi connectivity index (χ3n) is 5.71. The molecule has 3 aromatic rings. The summed E-state index contributed by atoms with van der Waals surface area (Å²) in [6, 6.07) is 16.9. The number of aryl methyl sites for hydroxylation is 1. The Kier molecular flexibility index (Phi) is 7.25. The van der Waals surface area contributed by atoms with Crippen LogP contribution in [-0.4, -0.2) is 34.1 Å². The number of sulfonamides is 1. The lowest BCUT2D eigenvalue weighted by atomic mass is 10.0. The van der Waals surface area contributed by atoms with E-state index in [0.717, 1.165) is 21.5 Å². The van der Waals surface area contributed by atoms with Gasteiger partial charge >= 0.3 is 0 Å². The Balaban J connectivity index is 1.64. The minimum Gasteiger partial charge on any atom is -0.486 e. The summed E-state index contributed by atoms with van der Waals surface area (Å²) in [6.07, 6.45) is 0.615. The smallest absolute Gasteiger partial charge is 0.264 e. The van der Waals surface area contributed by atoms with Crippen LogP contribution in [0.2, 0.25) is 0 Å². The Morgan fingerprint density at radius 3 is 2.43 bits per heavy atom. The molecule has 184 valence electrons. The molecule has 0 fully saturated rings. The Morgan fingerprint density at radius 1 is 1.03 bits per heavy atom. The van der Waals surface area contributed by atoms with Gasteiger partial charge in [0.25, 0.3) is 10.0 Å². The molecule has 0 saturated carbocycles. The third-order valence-corrected chi connectivity index (χ3v) is 7.48. The van der Waals surface area contributed by atoms with Gasteiger partial charge < -0.3 is 14.8 Å². The zero-order chi connectivity index (χ0) is 25.0. The average Bonchev–Trinajstić information content (AvgIpc) is 2.86. The predicted molar refractivity (Wildman–Crippen MR) is 131 cm³/mol. The van der Waals surface area contributed by atoms with Crippen LogP contribution in [-0.2, 0) is 14.8 Å². The van der Waals surface area contributed by atoms with Gasteiger partial charge in [0, 0.05) is 6.07 Å². The molecule has 0 radical (unpaired) electrons. The molecule has 1 N–H and O–H groups in total. The molecule has 1 amide bonds. The topological polar surface area (TPSA) is 84.9 Å². The zero-order valence-electron chi connectivity index (χ0n) is 19.5. The number of nitrogens with zero attached hydrogens (tertiary/aromatic N) is 1. The van der Waals surface area contributed by atoms with Crippen molar-refractivity contribution in [3.63, 3.8) is 0 Å². The number of hydrogen-bond acceptors (Lipinski definition) is 5. The summed E-state index contributed by atoms with van der Waals surface area (Å²) in [7, 11) is -4.24. The Hall–Kier alpha value is -3.59. The lowest BCUT2D eigenvalue weighted by Gasteiger charge is -2.26. The van der Waals surface area contributed by atoms with Crippen molar-refractivity contribution < 1.29 is 27.1 Å². The molecule has 3 aromatic carbocycles. The molecule has 1 heterocycles. The van der Waals surface area contributed by atoms with Gasteiger partial charge in [0.2, 0.25) is 5.91 Å². The van der Waals surface area contributed by atoms with Crippen LogP contribution in [0.3, 0.4) is 0 Å². The summed E-state index contributed by atoms with van der Waals surface area (Å²) >= 11 is 0. The maximum absolute atomic E-state index is 14.0. The lowest BCUT2D eigenvalue weighted by molar-refractivity contribution is -0.120. The number of hydrogen-bond donors (Lipinski definition) is 1. The van der Waals surface area contributed by atoms with Gasteiger partial charge in [-0.3, -0.25) is 9.10 Å². The number of anilines is 1. The molecule has 0 saturated heterocycles. The summed E-state index contributed by atoms with van der Waals surface area (Å²) in [4.78, 5) is 13.0. The van der Waals surface area contributed by atoms with Crippen LogP contribution >= 0.6 is 0 Å². The first-order valence-electron chi connectivity index (χ1n) is 11.3. The molecule has 4 rings (SSSR count). The third kappa shape index (κ3) is 5.57. The molecule has 0 aromatic heterocycles. The van der Waals surface area contributed by atoms with Gasteiger partial charge in [-0.25, -0.2) is 12.8 Å². The molecule has 9 heteroatoms. The van der Waals surface area contributed by atoms with E-state index in [1.807, 2.05) is 38.1 Å². The molecular weight excluding hydrogens is 471 g/mol. The Labute approximate surface area is 204 Å². The van der Waals surface area contributed by atoms with Gasteiger partial charge in [0.15, 0.2) is 11.5 Å². The molecule has 1 atom stereocenters. The largest absolute Gasteiger partial charge is 0.486 e. The summed E-state index contributed by atoms with van der Waals surface area (Å²) in [5.74, 6) is -0.389. The van der Waals surface area contributed by atoms with Crippen molar-refractivity contribution in [2.75, 3.05) is 24.1 Å². The van der Waals surface area contributed by atoms with Crippen LogP contribution in [0.25, 0.3) is 0 Å². The van der Waals surface area contributed by atoms with Crippen molar-refractivity contribution in [2.45, 2.75) is 31.2 Å². The number of amides is 1. The van der Waals surface area contributed by atoms with E-state index >= 15 is 0 Å². The number of halogens is 1. The summed E-state index contributed by atoms with van der Waals surface area (Å²) in [5.41, 5.74) is 2.05. The lowest BCUT2D eigenvalue weighted by Crippen LogP contribution is -2.42. The van der Waals surface area contributed by atoms with E-state index in [1.54, 1.807) is 0 Å². The maximum Gasteiger partial charge on any atom is 0.264 e. The Morgan fingerprint density at radius 2 is 1.74 bits per heavy atom. The molecule has 35 heavy (non-hydrogen) atoms. The number of rotatable bonds is 8. The molecular formula is C26H27FN2O5S. The van der Waals surface area contributed by atoms with Gasteiger partial charge in [-0.2, -0.15) is 0 Å². The quantitative estimate of drug-likeness (QED) is 0.499.